The van der Waals surface area contributed by atoms with E-state index in [0.717, 1.165) is 12.8 Å². The second-order valence-corrected chi connectivity index (χ2v) is 5.89. The number of hydrogen-bond acceptors (Lipinski definition) is 3. The summed E-state index contributed by atoms with van der Waals surface area (Å²) < 4.78 is 50.4. The first-order valence-corrected chi connectivity index (χ1v) is 7.41. The molecule has 2 amide bonds. The molecule has 1 N–H and O–H groups in total. The van der Waals surface area contributed by atoms with Crippen LogP contribution in [-0.4, -0.2) is 36.1 Å². The van der Waals surface area contributed by atoms with E-state index >= 15 is 0 Å². The molecule has 23 heavy (non-hydrogen) atoms. The molecule has 126 valence electrons. The fourth-order valence-corrected chi connectivity index (χ4v) is 2.78. The molecule has 0 saturated carbocycles. The monoisotopic (exact) mass is 330 g/mol. The number of hydrogen-bond donors (Lipinski definition) is 1. The van der Waals surface area contributed by atoms with Crippen LogP contribution in [0.15, 0.2) is 24.3 Å². The Morgan fingerprint density at radius 2 is 1.91 bits per heavy atom. The largest absolute Gasteiger partial charge is 0.492 e. The van der Waals surface area contributed by atoms with Crippen LogP contribution in [0, 0.1) is 5.92 Å². The number of alkyl halides is 3. The van der Waals surface area contributed by atoms with Crippen molar-refractivity contribution in [3.05, 3.63) is 24.3 Å². The van der Waals surface area contributed by atoms with E-state index in [9.17, 15) is 18.0 Å². The van der Waals surface area contributed by atoms with Gasteiger partial charge in [0.2, 0.25) is 0 Å². The number of amides is 2. The number of carbonyl (C=O) groups is 1. The fourth-order valence-electron chi connectivity index (χ4n) is 2.78. The topological polar surface area (TPSA) is 50.8 Å². The molecule has 1 saturated heterocycles. The van der Waals surface area contributed by atoms with Crippen LogP contribution in [0.2, 0.25) is 0 Å². The summed E-state index contributed by atoms with van der Waals surface area (Å²) in [5, 5.41) is 1.89. The number of nitrogens with one attached hydrogen (secondary N) is 1. The highest BCUT2D eigenvalue weighted by Crippen LogP contribution is 2.45. The zero-order valence-electron chi connectivity index (χ0n) is 12.5. The van der Waals surface area contributed by atoms with Gasteiger partial charge >= 0.3 is 18.1 Å². The number of halogens is 3. The maximum absolute atomic E-state index is 13.5. The summed E-state index contributed by atoms with van der Waals surface area (Å²) in [7, 11) is 0. The van der Waals surface area contributed by atoms with Gasteiger partial charge in [-0.05, 0) is 30.9 Å². The van der Waals surface area contributed by atoms with Crippen LogP contribution in [0.5, 0.6) is 11.5 Å². The molecule has 1 fully saturated rings. The Balaban J connectivity index is 1.81. The van der Waals surface area contributed by atoms with E-state index in [1.807, 2.05) is 12.2 Å². The van der Waals surface area contributed by atoms with Crippen molar-refractivity contribution in [2.45, 2.75) is 31.9 Å². The van der Waals surface area contributed by atoms with E-state index in [1.165, 1.54) is 29.2 Å². The highest BCUT2D eigenvalue weighted by Gasteiger charge is 2.66. The zero-order chi connectivity index (χ0) is 16.7. The van der Waals surface area contributed by atoms with E-state index in [1.54, 1.807) is 0 Å². The van der Waals surface area contributed by atoms with E-state index in [4.69, 9.17) is 9.47 Å². The minimum Gasteiger partial charge on any atom is -0.424 e. The van der Waals surface area contributed by atoms with Gasteiger partial charge in [-0.2, -0.15) is 13.2 Å². The lowest BCUT2D eigenvalue weighted by atomic mass is 10.0. The van der Waals surface area contributed by atoms with Gasteiger partial charge in [-0.3, -0.25) is 5.32 Å². The highest BCUT2D eigenvalue weighted by molar-refractivity contribution is 5.75. The standard InChI is InChI=1S/C15H17F3N2O3/c1-10-5-4-8-20(9-10)13(21)19-15(14(16,17)18)22-11-6-2-3-7-12(11)23-15/h2-3,6-7,10H,4-5,8-9H2,1H3,(H,19,21)/t10-/m0/s1. The number of ether oxygens (including phenoxy) is 2. The lowest BCUT2D eigenvalue weighted by Crippen LogP contribution is -2.67. The Labute approximate surface area is 131 Å². The van der Waals surface area contributed by atoms with E-state index in [2.05, 4.69) is 0 Å². The third kappa shape index (κ3) is 2.89. The van der Waals surface area contributed by atoms with Gasteiger partial charge in [-0.1, -0.05) is 19.1 Å². The lowest BCUT2D eigenvalue weighted by molar-refractivity contribution is -0.318. The first kappa shape index (κ1) is 15.8. The van der Waals surface area contributed by atoms with Gasteiger partial charge in [0.05, 0.1) is 0 Å². The number of fused-ring (bicyclic) bond motifs is 1. The summed E-state index contributed by atoms with van der Waals surface area (Å²) >= 11 is 0. The molecule has 3 rings (SSSR count). The van der Waals surface area contributed by atoms with Crippen molar-refractivity contribution >= 4 is 6.03 Å². The van der Waals surface area contributed by atoms with E-state index in [-0.39, 0.29) is 17.4 Å². The average Bonchev–Trinajstić information content (AvgIpc) is 2.86. The fraction of sp³-hybridized carbons (Fsp3) is 0.533. The Morgan fingerprint density at radius 1 is 1.30 bits per heavy atom. The number of carbonyl (C=O) groups excluding carboxylic acids is 1. The summed E-state index contributed by atoms with van der Waals surface area (Å²) in [6, 6.07) is 4.93. The number of likely N-dealkylation sites (tertiary alicyclic amines) is 1. The normalized spacial score (nSPS) is 22.8. The maximum atomic E-state index is 13.5. The molecular weight excluding hydrogens is 313 g/mol. The number of nitrogens with zero attached hydrogens (tertiary/aromatic N) is 1. The minimum absolute atomic E-state index is 0.0582. The van der Waals surface area contributed by atoms with Crippen LogP contribution >= 0.6 is 0 Å². The van der Waals surface area contributed by atoms with Crippen molar-refractivity contribution in [3.63, 3.8) is 0 Å². The Morgan fingerprint density at radius 3 is 2.43 bits per heavy atom. The maximum Gasteiger partial charge on any atom is 0.492 e. The zero-order valence-corrected chi connectivity index (χ0v) is 12.5. The van der Waals surface area contributed by atoms with E-state index in [0.29, 0.717) is 13.1 Å². The molecule has 0 aliphatic carbocycles. The second kappa shape index (κ2) is 5.50. The summed E-state index contributed by atoms with van der Waals surface area (Å²) in [5.74, 6) is -3.05. The molecule has 0 bridgehead atoms. The summed E-state index contributed by atoms with van der Waals surface area (Å²) in [5.41, 5.74) is 0. The average molecular weight is 330 g/mol. The highest BCUT2D eigenvalue weighted by atomic mass is 19.4. The van der Waals surface area contributed by atoms with Crippen LogP contribution in [-0.2, 0) is 0 Å². The smallest absolute Gasteiger partial charge is 0.424 e. The van der Waals surface area contributed by atoms with Gasteiger partial charge < -0.3 is 14.4 Å². The van der Waals surface area contributed by atoms with Gasteiger partial charge in [0, 0.05) is 13.1 Å². The predicted octanol–water partition coefficient (Wildman–Crippen LogP) is 3.12. The van der Waals surface area contributed by atoms with Gasteiger partial charge in [-0.15, -0.1) is 0 Å². The number of para-hydroxylation sites is 2. The molecule has 8 heteroatoms. The molecule has 2 heterocycles. The first-order chi connectivity index (χ1) is 10.8. The summed E-state index contributed by atoms with van der Waals surface area (Å²) in [6.45, 7) is 2.78. The molecule has 1 atom stereocenters. The van der Waals surface area contributed by atoms with Crippen molar-refractivity contribution in [2.75, 3.05) is 13.1 Å². The van der Waals surface area contributed by atoms with Crippen LogP contribution in [0.1, 0.15) is 19.8 Å². The second-order valence-electron chi connectivity index (χ2n) is 5.89. The van der Waals surface area contributed by atoms with Crippen LogP contribution in [0.4, 0.5) is 18.0 Å². The molecule has 0 aromatic heterocycles. The molecular formula is C15H17F3N2O3. The van der Waals surface area contributed by atoms with Crippen molar-refractivity contribution in [3.8, 4) is 11.5 Å². The molecule has 2 aliphatic heterocycles. The minimum atomic E-state index is -4.93. The quantitative estimate of drug-likeness (QED) is 0.861. The number of rotatable bonds is 1. The third-order valence-corrected chi connectivity index (χ3v) is 3.95. The van der Waals surface area contributed by atoms with Gasteiger partial charge in [0.25, 0.3) is 0 Å². The number of benzene rings is 1. The van der Waals surface area contributed by atoms with Crippen molar-refractivity contribution < 1.29 is 27.4 Å². The first-order valence-electron chi connectivity index (χ1n) is 7.41. The SMILES string of the molecule is C[C@H]1CCCN(C(=O)NC2(C(F)(F)F)Oc3ccccc3O2)C1. The molecule has 2 aliphatic rings. The molecule has 1 aromatic carbocycles. The van der Waals surface area contributed by atoms with Crippen LogP contribution < -0.4 is 14.8 Å². The molecule has 0 radical (unpaired) electrons. The third-order valence-electron chi connectivity index (χ3n) is 3.95. The van der Waals surface area contributed by atoms with Crippen LogP contribution in [0.3, 0.4) is 0 Å². The van der Waals surface area contributed by atoms with Gasteiger partial charge in [0.15, 0.2) is 11.5 Å². The molecule has 0 spiro atoms. The Kier molecular flexibility index (Phi) is 3.77. The van der Waals surface area contributed by atoms with Crippen molar-refractivity contribution in [1.29, 1.82) is 0 Å². The Bertz CT molecular complexity index is 581. The van der Waals surface area contributed by atoms with Crippen molar-refractivity contribution in [2.24, 2.45) is 5.92 Å². The Hall–Kier alpha value is -2.12. The van der Waals surface area contributed by atoms with Crippen molar-refractivity contribution in [1.82, 2.24) is 10.2 Å². The number of urea groups is 1. The van der Waals surface area contributed by atoms with Crippen LogP contribution in [0.25, 0.3) is 0 Å². The predicted molar refractivity (Wildman–Crippen MR) is 75.0 cm³/mol. The van der Waals surface area contributed by atoms with Gasteiger partial charge in [0.1, 0.15) is 0 Å². The molecule has 5 nitrogen and oxygen atoms in total. The molecule has 0 unspecified atom stereocenters. The summed E-state index contributed by atoms with van der Waals surface area (Å²) in [6.07, 6.45) is -3.22. The lowest BCUT2D eigenvalue weighted by Gasteiger charge is -2.35. The number of piperidine rings is 1. The van der Waals surface area contributed by atoms with E-state index < -0.39 is 18.1 Å². The summed E-state index contributed by atoms with van der Waals surface area (Å²) in [4.78, 5) is 13.6. The van der Waals surface area contributed by atoms with Gasteiger partial charge in [-0.25, -0.2) is 4.79 Å². The molecule has 1 aromatic rings.